The summed E-state index contributed by atoms with van der Waals surface area (Å²) >= 11 is 0. The van der Waals surface area contributed by atoms with Gasteiger partial charge in [0, 0.05) is 18.1 Å². The minimum absolute atomic E-state index is 0.0108. The van der Waals surface area contributed by atoms with Gasteiger partial charge >= 0.3 is 0 Å². The summed E-state index contributed by atoms with van der Waals surface area (Å²) in [5.41, 5.74) is 8.05. The van der Waals surface area contributed by atoms with Crippen molar-refractivity contribution in [2.45, 2.75) is 63.6 Å². The van der Waals surface area contributed by atoms with Crippen LogP contribution in [0.2, 0.25) is 0 Å². The highest BCUT2D eigenvalue weighted by atomic mass is 16.8. The van der Waals surface area contributed by atoms with Crippen LogP contribution < -0.4 is 5.73 Å². The summed E-state index contributed by atoms with van der Waals surface area (Å²) in [5.74, 6) is 0.385. The number of aromatic nitrogens is 4. The highest BCUT2D eigenvalue weighted by Crippen LogP contribution is 2.49. The number of nitrogens with two attached hydrogens (primary N) is 1. The molecule has 0 unspecified atom stereocenters. The number of anilines is 1. The van der Waals surface area contributed by atoms with Crippen molar-refractivity contribution in [1.29, 1.82) is 0 Å². The lowest BCUT2D eigenvalue weighted by molar-refractivity contribution is -0.160. The molecule has 4 heterocycles. The summed E-state index contributed by atoms with van der Waals surface area (Å²) in [6.07, 6.45) is 9.71. The van der Waals surface area contributed by atoms with Crippen LogP contribution in [0.3, 0.4) is 0 Å². The van der Waals surface area contributed by atoms with Gasteiger partial charge in [0.1, 0.15) is 23.9 Å². The maximum Gasteiger partial charge on any atom is 0.163 e. The van der Waals surface area contributed by atoms with Crippen LogP contribution in [0.1, 0.15) is 44.8 Å². The fourth-order valence-corrected chi connectivity index (χ4v) is 4.96. The molecule has 29 heavy (non-hydrogen) atoms. The molecule has 0 aromatic carbocycles. The van der Waals surface area contributed by atoms with Gasteiger partial charge in [-0.2, -0.15) is 0 Å². The van der Waals surface area contributed by atoms with Gasteiger partial charge in [-0.15, -0.1) is 0 Å². The number of nitrogen functional groups attached to an aromatic ring is 1. The highest BCUT2D eigenvalue weighted by molar-refractivity contribution is 5.86. The van der Waals surface area contributed by atoms with Crippen LogP contribution in [0.25, 0.3) is 11.0 Å². The van der Waals surface area contributed by atoms with Gasteiger partial charge in [0.05, 0.1) is 17.5 Å². The topological polar surface area (TPSA) is 88.1 Å². The quantitative estimate of drug-likeness (QED) is 0.714. The Hall–Kier alpha value is -2.51. The van der Waals surface area contributed by atoms with E-state index in [-0.39, 0.29) is 18.2 Å². The molecule has 3 aromatic heterocycles. The molecule has 2 aliphatic rings. The molecule has 2 fully saturated rings. The number of rotatable bonds is 5. The first-order valence-electron chi connectivity index (χ1n) is 10.3. The Labute approximate surface area is 170 Å². The summed E-state index contributed by atoms with van der Waals surface area (Å²) < 4.78 is 14.9. The second-order valence-corrected chi connectivity index (χ2v) is 8.56. The third-order valence-electron chi connectivity index (χ3n) is 6.18. The first-order valence-corrected chi connectivity index (χ1v) is 10.3. The van der Waals surface area contributed by atoms with E-state index < -0.39 is 5.79 Å². The fourth-order valence-electron chi connectivity index (χ4n) is 4.96. The van der Waals surface area contributed by atoms with Crippen molar-refractivity contribution in [3.63, 3.8) is 0 Å². The minimum atomic E-state index is -0.565. The Morgan fingerprint density at radius 1 is 1.14 bits per heavy atom. The largest absolute Gasteiger partial charge is 0.383 e. The number of hydrogen-bond donors (Lipinski definition) is 1. The molecule has 5 rings (SSSR count). The summed E-state index contributed by atoms with van der Waals surface area (Å²) in [6, 6.07) is 8.27. The molecule has 3 aromatic rings. The van der Waals surface area contributed by atoms with E-state index in [2.05, 4.69) is 31.8 Å². The summed E-state index contributed by atoms with van der Waals surface area (Å²) in [5, 5.41) is 0.890. The molecule has 1 saturated heterocycles. The Morgan fingerprint density at radius 3 is 2.83 bits per heavy atom. The number of nitrogens with zero attached hydrogens (tertiary/aromatic N) is 4. The number of aryl methyl sites for hydroxylation is 1. The van der Waals surface area contributed by atoms with Gasteiger partial charge in [-0.1, -0.05) is 6.07 Å². The zero-order valence-corrected chi connectivity index (χ0v) is 16.9. The SMILES string of the molecule is CC1(C)O[C@@H]2[C@@H](CCCc3ccccn3)C[C@@H](n3ccc4c(N)ncnc43)[C@@H]2O1. The first-order chi connectivity index (χ1) is 14.0. The van der Waals surface area contributed by atoms with Crippen molar-refractivity contribution in [2.75, 3.05) is 5.73 Å². The second-order valence-electron chi connectivity index (χ2n) is 8.56. The van der Waals surface area contributed by atoms with E-state index in [1.54, 1.807) is 0 Å². The van der Waals surface area contributed by atoms with Crippen LogP contribution in [0.5, 0.6) is 0 Å². The lowest BCUT2D eigenvalue weighted by atomic mass is 9.97. The van der Waals surface area contributed by atoms with Crippen molar-refractivity contribution in [1.82, 2.24) is 19.5 Å². The third kappa shape index (κ3) is 3.38. The summed E-state index contributed by atoms with van der Waals surface area (Å²) in [4.78, 5) is 13.0. The number of pyridine rings is 1. The van der Waals surface area contributed by atoms with Crippen molar-refractivity contribution >= 4 is 16.9 Å². The van der Waals surface area contributed by atoms with E-state index in [4.69, 9.17) is 15.2 Å². The zero-order chi connectivity index (χ0) is 20.0. The second kappa shape index (κ2) is 7.07. The van der Waals surface area contributed by atoms with E-state index in [0.29, 0.717) is 11.7 Å². The normalized spacial score (nSPS) is 28.1. The van der Waals surface area contributed by atoms with Crippen molar-refractivity contribution in [3.8, 4) is 0 Å². The van der Waals surface area contributed by atoms with Gasteiger partial charge in [-0.25, -0.2) is 9.97 Å². The average Bonchev–Trinajstić information content (AvgIpc) is 3.35. The van der Waals surface area contributed by atoms with Gasteiger partial charge in [-0.05, 0) is 63.6 Å². The maximum atomic E-state index is 6.35. The Bertz CT molecular complexity index is 1000. The predicted octanol–water partition coefficient (Wildman–Crippen LogP) is 3.51. The molecule has 0 bridgehead atoms. The monoisotopic (exact) mass is 393 g/mol. The molecular weight excluding hydrogens is 366 g/mol. The van der Waals surface area contributed by atoms with Crippen LogP contribution in [-0.2, 0) is 15.9 Å². The number of fused-ring (bicyclic) bond motifs is 2. The average molecular weight is 393 g/mol. The summed E-state index contributed by atoms with van der Waals surface area (Å²) in [7, 11) is 0. The van der Waals surface area contributed by atoms with Gasteiger partial charge in [0.2, 0.25) is 0 Å². The van der Waals surface area contributed by atoms with E-state index in [1.807, 2.05) is 38.2 Å². The molecule has 4 atom stereocenters. The molecule has 0 amide bonds. The van der Waals surface area contributed by atoms with Gasteiger partial charge in [0.25, 0.3) is 0 Å². The van der Waals surface area contributed by atoms with Crippen molar-refractivity contribution in [3.05, 3.63) is 48.7 Å². The molecule has 2 N–H and O–H groups in total. The van der Waals surface area contributed by atoms with Crippen LogP contribution in [-0.4, -0.2) is 37.5 Å². The Morgan fingerprint density at radius 2 is 2.00 bits per heavy atom. The number of ether oxygens (including phenoxy) is 2. The van der Waals surface area contributed by atoms with Gasteiger partial charge < -0.3 is 19.8 Å². The Kier molecular flexibility index (Phi) is 4.52. The molecule has 0 spiro atoms. The van der Waals surface area contributed by atoms with Crippen LogP contribution in [0.4, 0.5) is 5.82 Å². The molecule has 0 radical (unpaired) electrons. The molecule has 7 heteroatoms. The predicted molar refractivity (Wildman–Crippen MR) is 110 cm³/mol. The zero-order valence-electron chi connectivity index (χ0n) is 16.9. The van der Waals surface area contributed by atoms with Crippen LogP contribution in [0.15, 0.2) is 43.0 Å². The lowest BCUT2D eigenvalue weighted by Gasteiger charge is -2.24. The highest BCUT2D eigenvalue weighted by Gasteiger charge is 2.54. The van der Waals surface area contributed by atoms with E-state index in [0.717, 1.165) is 42.4 Å². The third-order valence-corrected chi connectivity index (χ3v) is 6.18. The summed E-state index contributed by atoms with van der Waals surface area (Å²) in [6.45, 7) is 4.00. The van der Waals surface area contributed by atoms with Crippen LogP contribution in [0, 0.1) is 5.92 Å². The van der Waals surface area contributed by atoms with E-state index in [9.17, 15) is 0 Å². The van der Waals surface area contributed by atoms with Crippen molar-refractivity contribution in [2.24, 2.45) is 5.92 Å². The molecule has 152 valence electrons. The Balaban J connectivity index is 1.38. The lowest BCUT2D eigenvalue weighted by Crippen LogP contribution is -2.27. The molecule has 7 nitrogen and oxygen atoms in total. The maximum absolute atomic E-state index is 6.35. The minimum Gasteiger partial charge on any atom is -0.383 e. The molecule has 1 saturated carbocycles. The van der Waals surface area contributed by atoms with Crippen LogP contribution >= 0.6 is 0 Å². The first kappa shape index (κ1) is 18.5. The standard InChI is InChI=1S/C22H27N5O2/c1-22(2)28-18-14(6-5-8-15-7-3-4-10-24-15)12-17(19(18)29-22)27-11-9-16-20(23)25-13-26-21(16)27/h3-4,7,9-11,13-14,17-19H,5-6,8,12H2,1-2H3,(H2,23,25,26)/t14-,17+,18+,19-/m0/s1. The van der Waals surface area contributed by atoms with Gasteiger partial charge in [-0.3, -0.25) is 4.98 Å². The van der Waals surface area contributed by atoms with E-state index in [1.165, 1.54) is 6.33 Å². The molecular formula is C22H27N5O2. The molecule has 1 aliphatic carbocycles. The fraction of sp³-hybridized carbons (Fsp3) is 0.500. The molecule has 1 aliphatic heterocycles. The van der Waals surface area contributed by atoms with Gasteiger partial charge in [0.15, 0.2) is 5.79 Å². The number of hydrogen-bond acceptors (Lipinski definition) is 6. The van der Waals surface area contributed by atoms with E-state index >= 15 is 0 Å². The smallest absolute Gasteiger partial charge is 0.163 e. The van der Waals surface area contributed by atoms with Crippen molar-refractivity contribution < 1.29 is 9.47 Å².